The van der Waals surface area contributed by atoms with Crippen molar-refractivity contribution in [3.05, 3.63) is 66.0 Å². The second-order valence-electron chi connectivity index (χ2n) is 4.82. The third-order valence-electron chi connectivity index (χ3n) is 3.16. The van der Waals surface area contributed by atoms with Gasteiger partial charge in [-0.1, -0.05) is 24.3 Å². The van der Waals surface area contributed by atoms with Crippen molar-refractivity contribution in [3.63, 3.8) is 0 Å². The number of hydrogen-bond acceptors (Lipinski definition) is 3. The Bertz CT molecular complexity index is 645. The number of nitrogens with one attached hydrogen (secondary N) is 2. The number of pyridine rings is 1. The largest absolute Gasteiger partial charge is 0.381 e. The molecule has 0 fully saturated rings. The summed E-state index contributed by atoms with van der Waals surface area (Å²) in [5.41, 5.74) is 4.13. The van der Waals surface area contributed by atoms with Gasteiger partial charge in [0.05, 0.1) is 0 Å². The summed E-state index contributed by atoms with van der Waals surface area (Å²) < 4.78 is 0. The van der Waals surface area contributed by atoms with Crippen molar-refractivity contribution in [1.82, 2.24) is 4.98 Å². The van der Waals surface area contributed by atoms with Crippen molar-refractivity contribution >= 4 is 17.3 Å². The Morgan fingerprint density at radius 2 is 2.00 bits per heavy atom. The molecule has 0 bridgehead atoms. The molecule has 21 heavy (non-hydrogen) atoms. The van der Waals surface area contributed by atoms with Crippen LogP contribution in [0.15, 0.2) is 49.2 Å². The van der Waals surface area contributed by atoms with Gasteiger partial charge in [0.15, 0.2) is 0 Å². The van der Waals surface area contributed by atoms with Gasteiger partial charge < -0.3 is 10.6 Å². The fourth-order valence-electron chi connectivity index (χ4n) is 2.04. The van der Waals surface area contributed by atoms with Gasteiger partial charge in [-0.2, -0.15) is 0 Å². The van der Waals surface area contributed by atoms with Crippen LogP contribution in [0.1, 0.15) is 21.6 Å². The number of anilines is 2. The first-order valence-corrected chi connectivity index (χ1v) is 6.80. The fourth-order valence-corrected chi connectivity index (χ4v) is 2.04. The molecule has 2 rings (SSSR count). The van der Waals surface area contributed by atoms with Crippen LogP contribution in [0.5, 0.6) is 0 Å². The van der Waals surface area contributed by atoms with E-state index >= 15 is 0 Å². The van der Waals surface area contributed by atoms with Gasteiger partial charge in [0, 0.05) is 24.1 Å². The summed E-state index contributed by atoms with van der Waals surface area (Å²) in [6.07, 6.45) is 3.38. The Balaban J connectivity index is 2.18. The maximum absolute atomic E-state index is 12.3. The molecule has 0 spiro atoms. The number of para-hydroxylation sites is 1. The Morgan fingerprint density at radius 1 is 1.29 bits per heavy atom. The lowest BCUT2D eigenvalue weighted by Crippen LogP contribution is -2.15. The van der Waals surface area contributed by atoms with E-state index in [1.807, 2.05) is 38.1 Å². The summed E-state index contributed by atoms with van der Waals surface area (Å²) in [5.74, 6) is -0.213. The number of carbonyl (C=O) groups excluding carboxylic acids is 1. The van der Waals surface area contributed by atoms with E-state index in [1.165, 1.54) is 0 Å². The SMILES string of the molecule is C=CCNc1ccnc(C(=O)Nc2c(C)cccc2C)c1. The minimum absolute atomic E-state index is 0.213. The molecule has 4 heteroatoms. The second-order valence-corrected chi connectivity index (χ2v) is 4.82. The Labute approximate surface area is 124 Å². The predicted molar refractivity (Wildman–Crippen MR) is 86.8 cm³/mol. The van der Waals surface area contributed by atoms with E-state index in [9.17, 15) is 4.79 Å². The average Bonchev–Trinajstić information content (AvgIpc) is 2.49. The van der Waals surface area contributed by atoms with Gasteiger partial charge in [-0.25, -0.2) is 0 Å². The summed E-state index contributed by atoms with van der Waals surface area (Å²) in [7, 11) is 0. The molecule has 4 nitrogen and oxygen atoms in total. The number of rotatable bonds is 5. The van der Waals surface area contributed by atoms with Crippen LogP contribution >= 0.6 is 0 Å². The van der Waals surface area contributed by atoms with Gasteiger partial charge in [0.25, 0.3) is 5.91 Å². The molecule has 0 unspecified atom stereocenters. The first-order valence-electron chi connectivity index (χ1n) is 6.80. The molecule has 108 valence electrons. The van der Waals surface area contributed by atoms with E-state index in [4.69, 9.17) is 0 Å². The number of amides is 1. The van der Waals surface area contributed by atoms with Gasteiger partial charge >= 0.3 is 0 Å². The molecular formula is C17H19N3O. The standard InChI is InChI=1S/C17H19N3O/c1-4-9-18-14-8-10-19-15(11-14)17(21)20-16-12(2)6-5-7-13(16)3/h4-8,10-11H,1,9H2,2-3H3,(H,18,19)(H,20,21). The maximum Gasteiger partial charge on any atom is 0.274 e. The topological polar surface area (TPSA) is 54.0 Å². The molecule has 0 radical (unpaired) electrons. The van der Waals surface area contributed by atoms with Gasteiger partial charge in [-0.3, -0.25) is 9.78 Å². The zero-order valence-corrected chi connectivity index (χ0v) is 12.3. The van der Waals surface area contributed by atoms with E-state index in [-0.39, 0.29) is 5.91 Å². The highest BCUT2D eigenvalue weighted by Gasteiger charge is 2.11. The molecule has 1 aromatic carbocycles. The highest BCUT2D eigenvalue weighted by atomic mass is 16.1. The normalized spacial score (nSPS) is 10.0. The van der Waals surface area contributed by atoms with Crippen LogP contribution in [0.25, 0.3) is 0 Å². The molecule has 0 saturated heterocycles. The molecule has 2 aromatic rings. The maximum atomic E-state index is 12.3. The first kappa shape index (κ1) is 14.8. The lowest BCUT2D eigenvalue weighted by molar-refractivity contribution is 0.102. The highest BCUT2D eigenvalue weighted by Crippen LogP contribution is 2.20. The molecule has 1 amide bonds. The van der Waals surface area contributed by atoms with Crippen LogP contribution in [-0.4, -0.2) is 17.4 Å². The van der Waals surface area contributed by atoms with Crippen LogP contribution in [0.4, 0.5) is 11.4 Å². The minimum atomic E-state index is -0.213. The number of carbonyl (C=O) groups is 1. The fraction of sp³-hybridized carbons (Fsp3) is 0.176. The van der Waals surface area contributed by atoms with Crippen LogP contribution in [0.3, 0.4) is 0 Å². The average molecular weight is 281 g/mol. The van der Waals surface area contributed by atoms with Crippen molar-refractivity contribution in [3.8, 4) is 0 Å². The van der Waals surface area contributed by atoms with E-state index in [0.29, 0.717) is 12.2 Å². The quantitative estimate of drug-likeness (QED) is 0.824. The number of aryl methyl sites for hydroxylation is 2. The predicted octanol–water partition coefficient (Wildman–Crippen LogP) is 3.55. The number of aromatic nitrogens is 1. The van der Waals surface area contributed by atoms with Crippen LogP contribution in [0.2, 0.25) is 0 Å². The number of nitrogens with zero attached hydrogens (tertiary/aromatic N) is 1. The second kappa shape index (κ2) is 6.70. The van der Waals surface area contributed by atoms with E-state index in [2.05, 4.69) is 22.2 Å². The minimum Gasteiger partial charge on any atom is -0.381 e. The number of hydrogen-bond donors (Lipinski definition) is 2. The zero-order chi connectivity index (χ0) is 15.2. The lowest BCUT2D eigenvalue weighted by atomic mass is 10.1. The van der Waals surface area contributed by atoms with Gasteiger partial charge in [-0.05, 0) is 37.1 Å². The third kappa shape index (κ3) is 3.69. The molecule has 1 heterocycles. The van der Waals surface area contributed by atoms with Crippen LogP contribution < -0.4 is 10.6 Å². The molecule has 0 atom stereocenters. The van der Waals surface area contributed by atoms with Crippen LogP contribution in [0, 0.1) is 13.8 Å². The Morgan fingerprint density at radius 3 is 2.67 bits per heavy atom. The van der Waals surface area contributed by atoms with Crippen molar-refractivity contribution in [1.29, 1.82) is 0 Å². The van der Waals surface area contributed by atoms with Crippen molar-refractivity contribution in [2.75, 3.05) is 17.2 Å². The summed E-state index contributed by atoms with van der Waals surface area (Å²) in [5, 5.41) is 6.07. The van der Waals surface area contributed by atoms with E-state index in [0.717, 1.165) is 22.5 Å². The van der Waals surface area contributed by atoms with Crippen molar-refractivity contribution in [2.24, 2.45) is 0 Å². The van der Waals surface area contributed by atoms with Gasteiger partial charge in [0.2, 0.25) is 0 Å². The molecule has 0 aliphatic heterocycles. The monoisotopic (exact) mass is 281 g/mol. The Kier molecular flexibility index (Phi) is 4.72. The van der Waals surface area contributed by atoms with Crippen LogP contribution in [-0.2, 0) is 0 Å². The number of benzene rings is 1. The molecule has 0 aliphatic rings. The Hall–Kier alpha value is -2.62. The molecule has 2 N–H and O–H groups in total. The van der Waals surface area contributed by atoms with Crippen molar-refractivity contribution in [2.45, 2.75) is 13.8 Å². The smallest absolute Gasteiger partial charge is 0.274 e. The molecular weight excluding hydrogens is 262 g/mol. The summed E-state index contributed by atoms with van der Waals surface area (Å²) in [6.45, 7) is 8.23. The van der Waals surface area contributed by atoms with E-state index in [1.54, 1.807) is 18.3 Å². The van der Waals surface area contributed by atoms with Crippen molar-refractivity contribution < 1.29 is 4.79 Å². The first-order chi connectivity index (χ1) is 10.1. The van der Waals surface area contributed by atoms with Gasteiger partial charge in [0.1, 0.15) is 5.69 Å². The highest BCUT2D eigenvalue weighted by molar-refractivity contribution is 6.04. The van der Waals surface area contributed by atoms with Gasteiger partial charge in [-0.15, -0.1) is 6.58 Å². The summed E-state index contributed by atoms with van der Waals surface area (Å²) in [4.78, 5) is 16.4. The third-order valence-corrected chi connectivity index (χ3v) is 3.16. The van der Waals surface area contributed by atoms with E-state index < -0.39 is 0 Å². The molecule has 0 saturated carbocycles. The zero-order valence-electron chi connectivity index (χ0n) is 12.3. The molecule has 0 aliphatic carbocycles. The summed E-state index contributed by atoms with van der Waals surface area (Å²) in [6, 6.07) is 9.46. The summed E-state index contributed by atoms with van der Waals surface area (Å²) >= 11 is 0. The lowest BCUT2D eigenvalue weighted by Gasteiger charge is -2.11. The molecule has 1 aromatic heterocycles.